The lowest BCUT2D eigenvalue weighted by atomic mass is 10.1. The number of likely N-dealkylation sites (tertiary alicyclic amines) is 1. The van der Waals surface area contributed by atoms with Crippen molar-refractivity contribution in [1.82, 2.24) is 4.90 Å². The van der Waals surface area contributed by atoms with Gasteiger partial charge in [0.1, 0.15) is 0 Å². The second kappa shape index (κ2) is 6.64. The number of carboxylic acids is 1. The number of para-hydroxylation sites is 2. The number of carbonyl (C=O) groups excluding carboxylic acids is 1. The van der Waals surface area contributed by atoms with Gasteiger partial charge in [-0.2, -0.15) is 0 Å². The Kier molecular flexibility index (Phi) is 4.85. The van der Waals surface area contributed by atoms with Crippen molar-refractivity contribution in [3.63, 3.8) is 0 Å². The van der Waals surface area contributed by atoms with Crippen molar-refractivity contribution in [2.45, 2.75) is 19.0 Å². The van der Waals surface area contributed by atoms with Crippen molar-refractivity contribution in [2.24, 2.45) is 0 Å². The molecular formula is C15H18FNO5. The highest BCUT2D eigenvalue weighted by atomic mass is 19.1. The first-order valence-electron chi connectivity index (χ1n) is 7.01. The van der Waals surface area contributed by atoms with E-state index in [4.69, 9.17) is 14.6 Å². The van der Waals surface area contributed by atoms with E-state index < -0.39 is 24.1 Å². The average Bonchev–Trinajstić information content (AvgIpc) is 2.90. The number of ether oxygens (including phenoxy) is 2. The molecule has 1 atom stereocenters. The average molecular weight is 311 g/mol. The van der Waals surface area contributed by atoms with Gasteiger partial charge < -0.3 is 19.5 Å². The summed E-state index contributed by atoms with van der Waals surface area (Å²) >= 11 is 0. The van der Waals surface area contributed by atoms with Gasteiger partial charge in [0.25, 0.3) is 5.91 Å². The third kappa shape index (κ3) is 3.47. The summed E-state index contributed by atoms with van der Waals surface area (Å²) in [6.45, 7) is 1.62. The number of nitrogens with zero attached hydrogens (tertiary/aromatic N) is 1. The molecule has 0 radical (unpaired) electrons. The molecular weight excluding hydrogens is 293 g/mol. The number of hydrogen-bond donors (Lipinski definition) is 1. The van der Waals surface area contributed by atoms with Crippen LogP contribution < -0.4 is 9.47 Å². The number of rotatable bonds is 6. The van der Waals surface area contributed by atoms with Crippen molar-refractivity contribution < 1.29 is 28.6 Å². The summed E-state index contributed by atoms with van der Waals surface area (Å²) in [5.74, 6) is -1.05. The normalized spacial score (nSPS) is 20.7. The van der Waals surface area contributed by atoms with Gasteiger partial charge in [0.05, 0.1) is 13.2 Å². The number of benzene rings is 1. The topological polar surface area (TPSA) is 76.1 Å². The number of hydrogen-bond acceptors (Lipinski definition) is 4. The van der Waals surface area contributed by atoms with E-state index in [1.54, 1.807) is 24.3 Å². The molecule has 2 rings (SSSR count). The number of amides is 1. The Bertz CT molecular complexity index is 565. The summed E-state index contributed by atoms with van der Waals surface area (Å²) in [6, 6.07) is 6.91. The van der Waals surface area contributed by atoms with Gasteiger partial charge in [0.15, 0.2) is 18.1 Å². The van der Waals surface area contributed by atoms with Crippen molar-refractivity contribution in [2.75, 3.05) is 26.3 Å². The maximum atomic E-state index is 13.9. The van der Waals surface area contributed by atoms with Crippen molar-refractivity contribution in [1.29, 1.82) is 0 Å². The third-order valence-corrected chi connectivity index (χ3v) is 3.46. The Labute approximate surface area is 127 Å². The molecule has 1 aliphatic rings. The zero-order valence-corrected chi connectivity index (χ0v) is 12.3. The number of alkyl halides is 1. The zero-order valence-electron chi connectivity index (χ0n) is 12.3. The van der Waals surface area contributed by atoms with E-state index in [9.17, 15) is 14.0 Å². The minimum absolute atomic E-state index is 0.0676. The molecule has 22 heavy (non-hydrogen) atoms. The molecule has 0 aromatic heterocycles. The summed E-state index contributed by atoms with van der Waals surface area (Å²) in [4.78, 5) is 24.0. The quantitative estimate of drug-likeness (QED) is 0.861. The molecule has 0 spiro atoms. The largest absolute Gasteiger partial charge is 0.490 e. The van der Waals surface area contributed by atoms with Crippen LogP contribution >= 0.6 is 0 Å². The van der Waals surface area contributed by atoms with Crippen LogP contribution in [0.15, 0.2) is 24.3 Å². The first-order valence-corrected chi connectivity index (χ1v) is 7.01. The molecule has 1 fully saturated rings. The highest BCUT2D eigenvalue weighted by Gasteiger charge is 2.46. The summed E-state index contributed by atoms with van der Waals surface area (Å²) in [7, 11) is 0. The fourth-order valence-corrected chi connectivity index (χ4v) is 2.24. The molecule has 0 aliphatic carbocycles. The standard InChI is InChI=1S/C15H18FNO5/c1-2-21-11-5-3-4-6-12(11)22-9-13(18)17-8-7-15(16,10-17)14(19)20/h3-6H,2,7-10H2,1H3,(H,19,20). The van der Waals surface area contributed by atoms with Gasteiger partial charge in [0.2, 0.25) is 5.67 Å². The Hall–Kier alpha value is -2.31. The number of halogens is 1. The molecule has 1 saturated heterocycles. The maximum absolute atomic E-state index is 13.9. The van der Waals surface area contributed by atoms with Gasteiger partial charge in [-0.25, -0.2) is 9.18 Å². The predicted octanol–water partition coefficient (Wildman–Crippen LogP) is 1.49. The molecule has 6 nitrogen and oxygen atoms in total. The van der Waals surface area contributed by atoms with Gasteiger partial charge in [0, 0.05) is 13.0 Å². The fourth-order valence-electron chi connectivity index (χ4n) is 2.24. The fraction of sp³-hybridized carbons (Fsp3) is 0.467. The van der Waals surface area contributed by atoms with Crippen LogP contribution in [0.4, 0.5) is 4.39 Å². The molecule has 1 aromatic carbocycles. The lowest BCUT2D eigenvalue weighted by Gasteiger charge is -2.18. The highest BCUT2D eigenvalue weighted by Crippen LogP contribution is 2.28. The van der Waals surface area contributed by atoms with Gasteiger partial charge >= 0.3 is 5.97 Å². The van der Waals surface area contributed by atoms with Gasteiger partial charge in [-0.3, -0.25) is 4.79 Å². The number of carboxylic acid groups (broad SMARTS) is 1. The van der Waals surface area contributed by atoms with Crippen LogP contribution in [0.25, 0.3) is 0 Å². The van der Waals surface area contributed by atoms with E-state index >= 15 is 0 Å². The Morgan fingerprint density at radius 2 is 1.95 bits per heavy atom. The van der Waals surface area contributed by atoms with Gasteiger partial charge in [-0.1, -0.05) is 12.1 Å². The highest BCUT2D eigenvalue weighted by molar-refractivity contribution is 5.83. The van der Waals surface area contributed by atoms with E-state index in [-0.39, 0.29) is 19.6 Å². The predicted molar refractivity (Wildman–Crippen MR) is 75.8 cm³/mol. The summed E-state index contributed by atoms with van der Waals surface area (Å²) < 4.78 is 24.7. The second-order valence-electron chi connectivity index (χ2n) is 5.00. The van der Waals surface area contributed by atoms with E-state index in [0.717, 1.165) is 4.90 Å². The minimum atomic E-state index is -2.36. The first-order chi connectivity index (χ1) is 10.5. The Morgan fingerprint density at radius 1 is 1.32 bits per heavy atom. The molecule has 7 heteroatoms. The first kappa shape index (κ1) is 16.1. The molecule has 1 heterocycles. The van der Waals surface area contributed by atoms with Crippen LogP contribution in [0, 0.1) is 0 Å². The number of carbonyl (C=O) groups is 2. The van der Waals surface area contributed by atoms with E-state index in [1.165, 1.54) is 0 Å². The molecule has 1 N–H and O–H groups in total. The van der Waals surface area contributed by atoms with E-state index in [2.05, 4.69) is 0 Å². The minimum Gasteiger partial charge on any atom is -0.490 e. The Morgan fingerprint density at radius 3 is 2.50 bits per heavy atom. The summed E-state index contributed by atoms with van der Waals surface area (Å²) in [6.07, 6.45) is -0.205. The second-order valence-corrected chi connectivity index (χ2v) is 5.00. The van der Waals surface area contributed by atoms with Crippen LogP contribution in [0.5, 0.6) is 11.5 Å². The van der Waals surface area contributed by atoms with Gasteiger partial charge in [-0.15, -0.1) is 0 Å². The van der Waals surface area contributed by atoms with Crippen LogP contribution in [0.1, 0.15) is 13.3 Å². The van der Waals surface area contributed by atoms with Crippen molar-refractivity contribution >= 4 is 11.9 Å². The zero-order chi connectivity index (χ0) is 16.2. The van der Waals surface area contributed by atoms with E-state index in [1.807, 2.05) is 6.92 Å². The maximum Gasteiger partial charge on any atom is 0.343 e. The smallest absolute Gasteiger partial charge is 0.343 e. The van der Waals surface area contributed by atoms with Crippen molar-refractivity contribution in [3.05, 3.63) is 24.3 Å². The van der Waals surface area contributed by atoms with Crippen molar-refractivity contribution in [3.8, 4) is 11.5 Å². The van der Waals surface area contributed by atoms with Crippen LogP contribution in [-0.4, -0.2) is 53.9 Å². The number of aliphatic carboxylic acids is 1. The van der Waals surface area contributed by atoms with Gasteiger partial charge in [-0.05, 0) is 19.1 Å². The summed E-state index contributed by atoms with van der Waals surface area (Å²) in [5.41, 5.74) is -2.36. The molecule has 0 bridgehead atoms. The third-order valence-electron chi connectivity index (χ3n) is 3.46. The SMILES string of the molecule is CCOc1ccccc1OCC(=O)N1CCC(F)(C(=O)O)C1. The molecule has 0 saturated carbocycles. The molecule has 1 unspecified atom stereocenters. The van der Waals surface area contributed by atoms with E-state index in [0.29, 0.717) is 18.1 Å². The molecule has 120 valence electrons. The lowest BCUT2D eigenvalue weighted by molar-refractivity contribution is -0.150. The monoisotopic (exact) mass is 311 g/mol. The molecule has 1 aliphatic heterocycles. The Balaban J connectivity index is 1.93. The molecule has 1 amide bonds. The van der Waals surface area contributed by atoms with Crippen LogP contribution in [0.3, 0.4) is 0 Å². The van der Waals surface area contributed by atoms with Crippen LogP contribution in [0.2, 0.25) is 0 Å². The lowest BCUT2D eigenvalue weighted by Crippen LogP contribution is -2.40. The van der Waals surface area contributed by atoms with Crippen LogP contribution in [-0.2, 0) is 9.59 Å². The summed E-state index contributed by atoms with van der Waals surface area (Å²) in [5, 5.41) is 8.81. The molecule has 1 aromatic rings.